The molecular weight excluding hydrogens is 400 g/mol. The number of thiophene rings is 1. The first-order valence-electron chi connectivity index (χ1n) is 8.97. The number of carbonyl (C=O) groups excluding carboxylic acids is 2. The summed E-state index contributed by atoms with van der Waals surface area (Å²) >= 11 is 1.44. The quantitative estimate of drug-likeness (QED) is 0.717. The van der Waals surface area contributed by atoms with Crippen molar-refractivity contribution in [1.82, 2.24) is 4.90 Å². The van der Waals surface area contributed by atoms with Crippen LogP contribution in [0.15, 0.2) is 24.3 Å². The van der Waals surface area contributed by atoms with Gasteiger partial charge in [0.1, 0.15) is 10.8 Å². The van der Waals surface area contributed by atoms with Gasteiger partial charge in [0.2, 0.25) is 0 Å². The number of nitrogens with zero attached hydrogens (tertiary/aromatic N) is 1. The lowest BCUT2D eigenvalue weighted by atomic mass is 10.0. The molecule has 0 aliphatic carbocycles. The molecule has 0 spiro atoms. The average molecular weight is 425 g/mol. The number of amides is 1. The molecule has 1 aromatic carbocycles. The largest absolute Gasteiger partial charge is 0.484 e. The fourth-order valence-corrected chi connectivity index (χ4v) is 4.39. The third-order valence-corrected chi connectivity index (χ3v) is 5.47. The second-order valence-corrected chi connectivity index (χ2v) is 7.67. The second kappa shape index (κ2) is 9.91. The van der Waals surface area contributed by atoms with Gasteiger partial charge in [-0.2, -0.15) is 0 Å². The third-order valence-electron chi connectivity index (χ3n) is 4.34. The first kappa shape index (κ1) is 22.2. The summed E-state index contributed by atoms with van der Waals surface area (Å²) in [6.45, 7) is 5.56. The summed E-state index contributed by atoms with van der Waals surface area (Å²) in [5, 5.41) is 3.39. The van der Waals surface area contributed by atoms with E-state index in [9.17, 15) is 9.59 Å². The van der Waals surface area contributed by atoms with Crippen molar-refractivity contribution < 1.29 is 19.1 Å². The van der Waals surface area contributed by atoms with Crippen LogP contribution >= 0.6 is 23.7 Å². The Balaban J connectivity index is 0.00000280. The summed E-state index contributed by atoms with van der Waals surface area (Å²) in [6, 6.07) is 7.53. The lowest BCUT2D eigenvalue weighted by Crippen LogP contribution is -2.26. The van der Waals surface area contributed by atoms with Gasteiger partial charge in [0.25, 0.3) is 5.91 Å². The number of fused-ring (bicyclic) bond motifs is 1. The predicted molar refractivity (Wildman–Crippen MR) is 113 cm³/mol. The van der Waals surface area contributed by atoms with E-state index in [4.69, 9.17) is 9.47 Å². The van der Waals surface area contributed by atoms with Crippen LogP contribution in [0.2, 0.25) is 0 Å². The number of benzene rings is 1. The molecule has 1 aromatic heterocycles. The van der Waals surface area contributed by atoms with Gasteiger partial charge in [0.15, 0.2) is 6.61 Å². The van der Waals surface area contributed by atoms with E-state index in [1.807, 2.05) is 38.2 Å². The van der Waals surface area contributed by atoms with E-state index in [-0.39, 0.29) is 30.9 Å². The molecule has 152 valence electrons. The molecule has 1 aliphatic heterocycles. The highest BCUT2D eigenvalue weighted by Crippen LogP contribution is 2.37. The molecule has 28 heavy (non-hydrogen) atoms. The van der Waals surface area contributed by atoms with E-state index in [1.165, 1.54) is 11.3 Å². The van der Waals surface area contributed by atoms with Crippen LogP contribution in [0.5, 0.6) is 5.75 Å². The number of nitrogens with one attached hydrogen (secondary N) is 1. The van der Waals surface area contributed by atoms with Gasteiger partial charge in [-0.15, -0.1) is 23.7 Å². The molecule has 1 amide bonds. The van der Waals surface area contributed by atoms with Crippen molar-refractivity contribution in [2.45, 2.75) is 26.8 Å². The minimum atomic E-state index is -0.380. The Morgan fingerprint density at radius 3 is 2.82 bits per heavy atom. The lowest BCUT2D eigenvalue weighted by Gasteiger charge is -2.22. The standard InChI is InChI=1S/C20H24N2O4S.ClH/c1-4-25-20(24)18-15-8-9-22(3)11-16(15)27-19(18)21-17(23)12-26-14-7-5-6-13(2)10-14;/h5-7,10H,4,8-9,11-12H2,1-3H3,(H,21,23);1H. The van der Waals surface area contributed by atoms with Crippen molar-refractivity contribution in [2.75, 3.05) is 32.1 Å². The minimum absolute atomic E-state index is 0. The number of halogens is 1. The number of hydrogen-bond donors (Lipinski definition) is 1. The summed E-state index contributed by atoms with van der Waals surface area (Å²) in [4.78, 5) is 28.1. The van der Waals surface area contributed by atoms with Crippen molar-refractivity contribution in [1.29, 1.82) is 0 Å². The molecule has 0 radical (unpaired) electrons. The Hall–Kier alpha value is -2.09. The molecule has 2 heterocycles. The Morgan fingerprint density at radius 1 is 1.32 bits per heavy atom. The Kier molecular flexibility index (Phi) is 7.86. The number of esters is 1. The monoisotopic (exact) mass is 424 g/mol. The summed E-state index contributed by atoms with van der Waals surface area (Å²) in [6.07, 6.45) is 0.770. The van der Waals surface area contributed by atoms with Crippen molar-refractivity contribution in [3.05, 3.63) is 45.8 Å². The van der Waals surface area contributed by atoms with E-state index < -0.39 is 0 Å². The third kappa shape index (κ3) is 5.25. The Morgan fingerprint density at radius 2 is 2.11 bits per heavy atom. The predicted octanol–water partition coefficient (Wildman–Crippen LogP) is 3.66. The lowest BCUT2D eigenvalue weighted by molar-refractivity contribution is -0.118. The van der Waals surface area contributed by atoms with Gasteiger partial charge < -0.3 is 19.7 Å². The summed E-state index contributed by atoms with van der Waals surface area (Å²) in [5.74, 6) is -0.0358. The highest BCUT2D eigenvalue weighted by Gasteiger charge is 2.28. The summed E-state index contributed by atoms with van der Waals surface area (Å²) in [7, 11) is 2.04. The van der Waals surface area contributed by atoms with Crippen LogP contribution in [-0.4, -0.2) is 43.6 Å². The Labute approximate surface area is 175 Å². The van der Waals surface area contributed by atoms with Crippen molar-refractivity contribution in [3.63, 3.8) is 0 Å². The fourth-order valence-electron chi connectivity index (χ4n) is 3.06. The maximum Gasteiger partial charge on any atom is 0.341 e. The minimum Gasteiger partial charge on any atom is -0.484 e. The zero-order valence-electron chi connectivity index (χ0n) is 16.2. The molecule has 0 saturated carbocycles. The van der Waals surface area contributed by atoms with Crippen molar-refractivity contribution in [2.24, 2.45) is 0 Å². The van der Waals surface area contributed by atoms with Gasteiger partial charge in [-0.25, -0.2) is 4.79 Å². The number of aryl methyl sites for hydroxylation is 1. The molecule has 2 aromatic rings. The van der Waals surface area contributed by atoms with Crippen LogP contribution in [-0.2, 0) is 22.5 Å². The first-order chi connectivity index (χ1) is 13.0. The molecule has 0 unspecified atom stereocenters. The number of likely N-dealkylation sites (N-methyl/N-ethyl adjacent to an activating group) is 1. The van der Waals surface area contributed by atoms with E-state index in [0.717, 1.165) is 35.5 Å². The van der Waals surface area contributed by atoms with E-state index >= 15 is 0 Å². The number of carbonyl (C=O) groups is 2. The molecule has 1 N–H and O–H groups in total. The zero-order chi connectivity index (χ0) is 19.4. The molecule has 0 atom stereocenters. The number of rotatable bonds is 6. The van der Waals surface area contributed by atoms with Crippen molar-refractivity contribution >= 4 is 40.6 Å². The molecule has 1 aliphatic rings. The van der Waals surface area contributed by atoms with Crippen LogP contribution in [0, 0.1) is 6.92 Å². The molecule has 0 fully saturated rings. The van der Waals surface area contributed by atoms with E-state index in [2.05, 4.69) is 10.2 Å². The summed E-state index contributed by atoms with van der Waals surface area (Å²) < 4.78 is 10.8. The fraction of sp³-hybridized carbons (Fsp3) is 0.400. The van der Waals surface area contributed by atoms with Crippen molar-refractivity contribution in [3.8, 4) is 5.75 Å². The maximum atomic E-state index is 12.5. The second-order valence-electron chi connectivity index (χ2n) is 6.57. The van der Waals surface area contributed by atoms with Crippen LogP contribution in [0.4, 0.5) is 5.00 Å². The number of hydrogen-bond acceptors (Lipinski definition) is 6. The Bertz CT molecular complexity index is 853. The highest BCUT2D eigenvalue weighted by molar-refractivity contribution is 7.17. The average Bonchev–Trinajstić information content (AvgIpc) is 2.97. The van der Waals surface area contributed by atoms with Gasteiger partial charge in [0.05, 0.1) is 12.2 Å². The molecular formula is C20H25ClN2O4S. The van der Waals surface area contributed by atoms with Gasteiger partial charge in [0, 0.05) is 18.0 Å². The highest BCUT2D eigenvalue weighted by atomic mass is 35.5. The topological polar surface area (TPSA) is 67.9 Å². The number of ether oxygens (including phenoxy) is 2. The molecule has 6 nitrogen and oxygen atoms in total. The molecule has 3 rings (SSSR count). The first-order valence-corrected chi connectivity index (χ1v) is 9.79. The van der Waals surface area contributed by atoms with Gasteiger partial charge >= 0.3 is 5.97 Å². The molecule has 0 saturated heterocycles. The smallest absolute Gasteiger partial charge is 0.341 e. The van der Waals surface area contributed by atoms with E-state index in [0.29, 0.717) is 22.9 Å². The van der Waals surface area contributed by atoms with Gasteiger partial charge in [-0.1, -0.05) is 12.1 Å². The molecule has 0 bridgehead atoms. The van der Waals surface area contributed by atoms with Gasteiger partial charge in [-0.05, 0) is 50.6 Å². The van der Waals surface area contributed by atoms with Crippen LogP contribution in [0.1, 0.15) is 33.3 Å². The normalized spacial score (nSPS) is 13.2. The van der Waals surface area contributed by atoms with Crippen LogP contribution in [0.25, 0.3) is 0 Å². The van der Waals surface area contributed by atoms with Crippen LogP contribution in [0.3, 0.4) is 0 Å². The zero-order valence-corrected chi connectivity index (χ0v) is 17.9. The van der Waals surface area contributed by atoms with E-state index in [1.54, 1.807) is 6.92 Å². The SMILES string of the molecule is CCOC(=O)c1c(NC(=O)COc2cccc(C)c2)sc2c1CCN(C)C2.Cl. The number of anilines is 1. The molecule has 8 heteroatoms. The van der Waals surface area contributed by atoms with Crippen LogP contribution < -0.4 is 10.1 Å². The summed E-state index contributed by atoms with van der Waals surface area (Å²) in [5.41, 5.74) is 2.55. The van der Waals surface area contributed by atoms with Gasteiger partial charge in [-0.3, -0.25) is 4.79 Å². The maximum absolute atomic E-state index is 12.5.